The Hall–Kier alpha value is -3.48. The molecule has 0 aliphatic heterocycles. The zero-order valence-electron chi connectivity index (χ0n) is 19.3. The van der Waals surface area contributed by atoms with Crippen LogP contribution in [0.25, 0.3) is 31.7 Å². The Morgan fingerprint density at radius 3 is 2.73 bits per heavy atom. The Kier molecular flexibility index (Phi) is 6.21. The van der Waals surface area contributed by atoms with Gasteiger partial charge in [0.1, 0.15) is 16.4 Å². The predicted octanol–water partition coefficient (Wildman–Crippen LogP) is 5.02. The molecular formula is C24H21ClF3N5O3S. The minimum absolute atomic E-state index is 0.119. The van der Waals surface area contributed by atoms with E-state index in [0.717, 1.165) is 29.7 Å². The number of hydrogen-bond donors (Lipinski definition) is 3. The molecule has 2 aromatic carbocycles. The monoisotopic (exact) mass is 551 g/mol. The molecule has 1 aliphatic carbocycles. The van der Waals surface area contributed by atoms with Crippen LogP contribution in [-0.4, -0.2) is 33.1 Å². The molecule has 0 saturated heterocycles. The summed E-state index contributed by atoms with van der Waals surface area (Å²) in [4.78, 5) is 19.0. The molecule has 194 valence electrons. The van der Waals surface area contributed by atoms with Crippen LogP contribution in [0.5, 0.6) is 11.5 Å². The second-order valence-electron chi connectivity index (χ2n) is 8.69. The third-order valence-electron chi connectivity index (χ3n) is 6.14. The molecule has 1 fully saturated rings. The van der Waals surface area contributed by atoms with E-state index in [2.05, 4.69) is 0 Å². The number of aromatic hydroxyl groups is 1. The zero-order valence-corrected chi connectivity index (χ0v) is 20.9. The Morgan fingerprint density at radius 2 is 2.08 bits per heavy atom. The van der Waals surface area contributed by atoms with Gasteiger partial charge in [-0.05, 0) is 48.6 Å². The molecule has 0 spiro atoms. The summed E-state index contributed by atoms with van der Waals surface area (Å²) in [6.07, 6.45) is -2.45. The quantitative estimate of drug-likeness (QED) is 0.175. The lowest BCUT2D eigenvalue weighted by Crippen LogP contribution is -2.40. The van der Waals surface area contributed by atoms with Crippen LogP contribution < -0.4 is 21.9 Å². The first-order valence-corrected chi connectivity index (χ1v) is 12.3. The van der Waals surface area contributed by atoms with Gasteiger partial charge in [0.25, 0.3) is 5.56 Å². The molecule has 1 aliphatic rings. The van der Waals surface area contributed by atoms with Crippen LogP contribution in [0.4, 0.5) is 13.2 Å². The number of hydrogen-bond acceptors (Lipinski definition) is 8. The fourth-order valence-electron chi connectivity index (χ4n) is 4.21. The number of phenolic OH excluding ortho intramolecular Hbond substituents is 1. The Bertz CT molecular complexity index is 1630. The van der Waals surface area contributed by atoms with E-state index in [1.54, 1.807) is 25.3 Å². The molecule has 0 radical (unpaired) electrons. The van der Waals surface area contributed by atoms with Gasteiger partial charge in [0.2, 0.25) is 0 Å². The van der Waals surface area contributed by atoms with Gasteiger partial charge in [-0.3, -0.25) is 9.36 Å². The molecule has 37 heavy (non-hydrogen) atoms. The summed E-state index contributed by atoms with van der Waals surface area (Å²) in [6.45, 7) is -0.409. The van der Waals surface area contributed by atoms with Crippen molar-refractivity contribution in [1.29, 1.82) is 0 Å². The number of methoxy groups -OCH3 is 1. The van der Waals surface area contributed by atoms with Crippen LogP contribution in [-0.2, 0) is 6.54 Å². The number of fused-ring (bicyclic) bond motifs is 3. The van der Waals surface area contributed by atoms with Gasteiger partial charge in [-0.15, -0.1) is 24.5 Å². The number of allylic oxidation sites excluding steroid dienone is 1. The Morgan fingerprint density at radius 1 is 1.35 bits per heavy atom. The van der Waals surface area contributed by atoms with Crippen molar-refractivity contribution in [3.8, 4) is 22.9 Å². The molecular weight excluding hydrogens is 531 g/mol. The molecule has 2 aromatic heterocycles. The van der Waals surface area contributed by atoms with E-state index in [9.17, 15) is 23.1 Å². The van der Waals surface area contributed by atoms with Crippen LogP contribution in [0, 0.1) is 0 Å². The summed E-state index contributed by atoms with van der Waals surface area (Å²) in [5, 5.41) is 10.8. The predicted molar refractivity (Wildman–Crippen MR) is 136 cm³/mol. The number of alkyl halides is 3. The number of thiophene rings is 1. The van der Waals surface area contributed by atoms with Crippen molar-refractivity contribution in [1.82, 2.24) is 14.6 Å². The standard InChI is InChI=1S/C24H21ClF3N5O3S/c1-36-13-4-5-14(16(8-13)11-2-3-11)21-31-22-18(15-6-7-17(25)19(34)20(15)37-22)23(35)32(21)9-12(29)10-33(30)24(26,27)28/h4-8,10-11,34H,2-3,9,29-30H2,1H3/b12-10-. The summed E-state index contributed by atoms with van der Waals surface area (Å²) >= 11 is 7.17. The smallest absolute Gasteiger partial charge is 0.498 e. The number of benzene rings is 2. The number of nitrogens with two attached hydrogens (primary N) is 2. The maximum absolute atomic E-state index is 13.9. The Balaban J connectivity index is 1.78. The van der Waals surface area contributed by atoms with Crippen LogP contribution >= 0.6 is 22.9 Å². The lowest BCUT2D eigenvalue weighted by molar-refractivity contribution is -0.229. The molecule has 0 amide bonds. The van der Waals surface area contributed by atoms with Gasteiger partial charge >= 0.3 is 6.30 Å². The average molecular weight is 552 g/mol. The highest BCUT2D eigenvalue weighted by molar-refractivity contribution is 7.25. The van der Waals surface area contributed by atoms with E-state index >= 15 is 0 Å². The fourth-order valence-corrected chi connectivity index (χ4v) is 5.54. The normalized spacial score (nSPS) is 14.5. The van der Waals surface area contributed by atoms with E-state index in [-0.39, 0.29) is 33.6 Å². The van der Waals surface area contributed by atoms with Crippen molar-refractivity contribution in [2.24, 2.45) is 11.6 Å². The van der Waals surface area contributed by atoms with Gasteiger partial charge in [-0.25, -0.2) is 15.8 Å². The summed E-state index contributed by atoms with van der Waals surface area (Å²) < 4.78 is 45.9. The van der Waals surface area contributed by atoms with Crippen molar-refractivity contribution in [2.75, 3.05) is 7.11 Å². The van der Waals surface area contributed by atoms with Crippen molar-refractivity contribution in [2.45, 2.75) is 31.6 Å². The van der Waals surface area contributed by atoms with E-state index in [1.165, 1.54) is 10.6 Å². The highest BCUT2D eigenvalue weighted by Gasteiger charge is 2.34. The molecule has 13 heteroatoms. The number of rotatable bonds is 6. The molecule has 5 N–H and O–H groups in total. The first-order chi connectivity index (χ1) is 17.5. The topological polar surface area (TPSA) is 120 Å². The second kappa shape index (κ2) is 9.12. The third kappa shape index (κ3) is 4.56. The largest absolute Gasteiger partial charge is 0.505 e. The van der Waals surface area contributed by atoms with Gasteiger partial charge in [0, 0.05) is 22.8 Å². The summed E-state index contributed by atoms with van der Waals surface area (Å²) in [5.41, 5.74) is 6.63. The molecule has 4 aromatic rings. The molecule has 0 unspecified atom stereocenters. The number of aromatic nitrogens is 2. The first-order valence-electron chi connectivity index (χ1n) is 11.1. The molecule has 5 rings (SSSR count). The summed E-state index contributed by atoms with van der Waals surface area (Å²) in [6, 6.07) is 8.42. The Labute approximate surface area is 217 Å². The summed E-state index contributed by atoms with van der Waals surface area (Å²) in [7, 11) is 1.55. The lowest BCUT2D eigenvalue weighted by Gasteiger charge is -2.19. The highest BCUT2D eigenvalue weighted by Crippen LogP contribution is 2.46. The maximum atomic E-state index is 13.9. The van der Waals surface area contributed by atoms with Gasteiger partial charge in [0.15, 0.2) is 5.75 Å². The minimum atomic E-state index is -4.85. The van der Waals surface area contributed by atoms with Crippen molar-refractivity contribution in [3.05, 3.63) is 63.2 Å². The van der Waals surface area contributed by atoms with Crippen molar-refractivity contribution in [3.63, 3.8) is 0 Å². The van der Waals surface area contributed by atoms with Crippen molar-refractivity contribution >= 4 is 43.2 Å². The van der Waals surface area contributed by atoms with E-state index < -0.39 is 23.4 Å². The highest BCUT2D eigenvalue weighted by atomic mass is 35.5. The van der Waals surface area contributed by atoms with Gasteiger partial charge in [0.05, 0.1) is 28.8 Å². The number of halogens is 4. The number of ether oxygens (including phenoxy) is 1. The second-order valence-corrected chi connectivity index (χ2v) is 10.1. The first kappa shape index (κ1) is 25.2. The van der Waals surface area contributed by atoms with Crippen LogP contribution in [0.1, 0.15) is 24.3 Å². The zero-order chi connectivity index (χ0) is 26.6. The van der Waals surface area contributed by atoms with E-state index in [0.29, 0.717) is 32.4 Å². The molecule has 1 saturated carbocycles. The minimum Gasteiger partial charge on any atom is -0.505 e. The number of nitrogens with zero attached hydrogens (tertiary/aromatic N) is 3. The fraction of sp³-hybridized carbons (Fsp3) is 0.250. The van der Waals surface area contributed by atoms with Crippen LogP contribution in [0.15, 0.2) is 47.0 Å². The van der Waals surface area contributed by atoms with Gasteiger partial charge < -0.3 is 15.6 Å². The van der Waals surface area contributed by atoms with Gasteiger partial charge in [-0.1, -0.05) is 17.7 Å². The molecule has 2 heterocycles. The maximum Gasteiger partial charge on any atom is 0.498 e. The lowest BCUT2D eigenvalue weighted by atomic mass is 10.0. The molecule has 8 nitrogen and oxygen atoms in total. The van der Waals surface area contributed by atoms with E-state index in [4.69, 9.17) is 32.9 Å². The molecule has 0 atom stereocenters. The number of phenols is 1. The molecule has 0 bridgehead atoms. The van der Waals surface area contributed by atoms with Crippen molar-refractivity contribution < 1.29 is 23.0 Å². The average Bonchev–Trinajstić information content (AvgIpc) is 3.62. The van der Waals surface area contributed by atoms with E-state index in [1.807, 2.05) is 6.07 Å². The van der Waals surface area contributed by atoms with Crippen LogP contribution in [0.2, 0.25) is 5.02 Å². The summed E-state index contributed by atoms with van der Waals surface area (Å²) in [5.74, 6) is 5.98. The number of hydrazine groups is 1. The van der Waals surface area contributed by atoms with Crippen LogP contribution in [0.3, 0.4) is 0 Å². The third-order valence-corrected chi connectivity index (χ3v) is 7.55. The van der Waals surface area contributed by atoms with Gasteiger partial charge in [-0.2, -0.15) is 0 Å². The SMILES string of the molecule is COc1ccc(-c2nc3sc4c(O)c(Cl)ccc4c3c(=O)n2C/C(N)=C/N(N)C(F)(F)F)c(C2CC2)c1.